The van der Waals surface area contributed by atoms with Gasteiger partial charge in [0.1, 0.15) is 12.2 Å². The minimum atomic E-state index is -0.806. The molecule has 0 aromatic carbocycles. The van der Waals surface area contributed by atoms with Crippen LogP contribution in [0.5, 0.6) is 0 Å². The molecule has 34 heavy (non-hydrogen) atoms. The number of ether oxygens (including phenoxy) is 3. The van der Waals surface area contributed by atoms with Gasteiger partial charge in [-0.1, -0.05) is 120 Å². The lowest BCUT2D eigenvalue weighted by Gasteiger charge is -2.34. The van der Waals surface area contributed by atoms with Crippen LogP contribution in [0.1, 0.15) is 136 Å². The van der Waals surface area contributed by atoms with E-state index < -0.39 is 10.3 Å². The Morgan fingerprint density at radius 2 is 1.41 bits per heavy atom. The topological polar surface area (TPSA) is 44.8 Å². The van der Waals surface area contributed by atoms with Crippen LogP contribution in [0.3, 0.4) is 0 Å². The molecule has 202 valence electrons. The van der Waals surface area contributed by atoms with Gasteiger partial charge in [-0.05, 0) is 41.1 Å². The van der Waals surface area contributed by atoms with Crippen LogP contribution in [0.15, 0.2) is 0 Å². The molecular formula is C28H52Br2O4. The van der Waals surface area contributed by atoms with E-state index in [1.165, 1.54) is 83.5 Å². The van der Waals surface area contributed by atoms with Crippen molar-refractivity contribution in [3.8, 4) is 0 Å². The Kier molecular flexibility index (Phi) is 18.5. The smallest absolute Gasteiger partial charge is 0.305 e. The molecule has 6 heteroatoms. The summed E-state index contributed by atoms with van der Waals surface area (Å²) in [5.41, 5.74) is -0.569. The third-order valence-corrected chi connectivity index (χ3v) is 8.04. The second kappa shape index (κ2) is 19.5. The highest BCUT2D eigenvalue weighted by atomic mass is 79.9. The maximum absolute atomic E-state index is 12.2. The van der Waals surface area contributed by atoms with Crippen LogP contribution in [0.4, 0.5) is 0 Å². The third-order valence-electron chi connectivity index (χ3n) is 7.09. The van der Waals surface area contributed by atoms with Gasteiger partial charge in [-0.15, -0.1) is 0 Å². The van der Waals surface area contributed by atoms with Gasteiger partial charge in [0.25, 0.3) is 0 Å². The Morgan fingerprint density at radius 1 is 0.882 bits per heavy atom. The molecule has 0 aliphatic carbocycles. The van der Waals surface area contributed by atoms with Crippen LogP contribution in [-0.2, 0) is 19.0 Å². The van der Waals surface area contributed by atoms with E-state index in [0.717, 1.165) is 31.0 Å². The van der Waals surface area contributed by atoms with Gasteiger partial charge >= 0.3 is 5.97 Å². The fourth-order valence-electron chi connectivity index (χ4n) is 4.68. The highest BCUT2D eigenvalue weighted by molar-refractivity contribution is 9.10. The number of hydrogen-bond acceptors (Lipinski definition) is 4. The number of rotatable bonds is 22. The number of unbranched alkanes of at least 4 members (excludes halogenated alkanes) is 14. The second-order valence-corrected chi connectivity index (χ2v) is 12.6. The molecule has 0 N–H and O–H groups in total. The van der Waals surface area contributed by atoms with Gasteiger partial charge in [-0.3, -0.25) is 4.79 Å². The summed E-state index contributed by atoms with van der Waals surface area (Å²) in [6, 6.07) is 0. The molecule has 0 aromatic heterocycles. The molecule has 1 saturated heterocycles. The zero-order valence-electron chi connectivity index (χ0n) is 22.3. The summed E-state index contributed by atoms with van der Waals surface area (Å²) in [5, 5.41) is 0.983. The molecule has 1 aliphatic rings. The Morgan fingerprint density at radius 3 is 1.91 bits per heavy atom. The van der Waals surface area contributed by atoms with Crippen molar-refractivity contribution in [3.05, 3.63) is 0 Å². The number of alkyl halides is 2. The van der Waals surface area contributed by atoms with Crippen LogP contribution < -0.4 is 0 Å². The third kappa shape index (κ3) is 14.8. The molecule has 0 amide bonds. The summed E-state index contributed by atoms with van der Waals surface area (Å²) in [6.45, 7) is 7.08. The molecule has 3 atom stereocenters. The lowest BCUT2D eigenvalue weighted by molar-refractivity contribution is -0.165. The number of carbonyl (C=O) groups excluding carboxylic acids is 1. The Bertz CT molecular complexity index is 515. The fraction of sp³-hybridized carbons (Fsp3) is 0.964. The van der Waals surface area contributed by atoms with E-state index in [0.29, 0.717) is 13.0 Å². The van der Waals surface area contributed by atoms with Gasteiger partial charge in [0.2, 0.25) is 4.70 Å². The molecule has 4 nitrogen and oxygen atoms in total. The van der Waals surface area contributed by atoms with Gasteiger partial charge in [-0.2, -0.15) is 0 Å². The van der Waals surface area contributed by atoms with Crippen LogP contribution in [0, 0.1) is 5.92 Å². The number of carbonyl (C=O) groups is 1. The van der Waals surface area contributed by atoms with E-state index in [2.05, 4.69) is 45.7 Å². The lowest BCUT2D eigenvalue weighted by Crippen LogP contribution is -2.45. The van der Waals surface area contributed by atoms with E-state index in [4.69, 9.17) is 14.2 Å². The molecule has 0 bridgehead atoms. The SMILES string of the molecule is CCCCCCCCCCCCCCCC(C)C1(COC(=O)CCCCCBr)COC(C)(Br)O1. The molecule has 0 aromatic rings. The molecule has 3 unspecified atom stereocenters. The summed E-state index contributed by atoms with van der Waals surface area (Å²) in [4.78, 5) is 12.2. The molecule has 0 radical (unpaired) electrons. The Labute approximate surface area is 227 Å². The zero-order valence-corrected chi connectivity index (χ0v) is 25.5. The van der Waals surface area contributed by atoms with Crippen molar-refractivity contribution >= 4 is 37.8 Å². The van der Waals surface area contributed by atoms with E-state index in [9.17, 15) is 4.79 Å². The Balaban J connectivity index is 2.21. The number of hydrogen-bond donors (Lipinski definition) is 0. The summed E-state index contributed by atoms with van der Waals surface area (Å²) in [7, 11) is 0. The zero-order chi connectivity index (χ0) is 25.1. The van der Waals surface area contributed by atoms with Gasteiger partial charge in [0.15, 0.2) is 0 Å². The van der Waals surface area contributed by atoms with Crippen LogP contribution >= 0.6 is 31.9 Å². The first-order valence-electron chi connectivity index (χ1n) is 14.1. The standard InChI is InChI=1S/C28H52Br2O4/c1-4-5-6-7-8-9-10-11-12-13-14-15-17-20-25(2)28(24-33-27(3,30)34-28)23-32-26(31)21-18-16-19-22-29/h25H,4-24H2,1-3H3. The predicted molar refractivity (Wildman–Crippen MR) is 150 cm³/mol. The monoisotopic (exact) mass is 610 g/mol. The van der Waals surface area contributed by atoms with Crippen LogP contribution in [0.2, 0.25) is 0 Å². The van der Waals surface area contributed by atoms with Gasteiger partial charge in [0.05, 0.1) is 6.61 Å². The second-order valence-electron chi connectivity index (χ2n) is 10.4. The van der Waals surface area contributed by atoms with Gasteiger partial charge in [-0.25, -0.2) is 0 Å². The normalized spacial score (nSPS) is 23.3. The first-order chi connectivity index (χ1) is 16.4. The number of esters is 1. The molecule has 1 aliphatic heterocycles. The molecule has 1 rings (SSSR count). The van der Waals surface area contributed by atoms with Crippen molar-refractivity contribution in [1.82, 2.24) is 0 Å². The Hall–Kier alpha value is 0.350. The van der Waals surface area contributed by atoms with Crippen molar-refractivity contribution in [1.29, 1.82) is 0 Å². The first kappa shape index (κ1) is 32.4. The van der Waals surface area contributed by atoms with Crippen molar-refractivity contribution in [2.24, 2.45) is 5.92 Å². The van der Waals surface area contributed by atoms with Gasteiger partial charge in [0, 0.05) is 18.7 Å². The lowest BCUT2D eigenvalue weighted by atomic mass is 9.86. The average molecular weight is 613 g/mol. The van der Waals surface area contributed by atoms with Crippen molar-refractivity contribution in [2.75, 3.05) is 18.5 Å². The van der Waals surface area contributed by atoms with Gasteiger partial charge < -0.3 is 14.2 Å². The summed E-state index contributed by atoms with van der Waals surface area (Å²) in [6.07, 6.45) is 22.2. The molecule has 1 fully saturated rings. The molecule has 0 saturated carbocycles. The highest BCUT2D eigenvalue weighted by Gasteiger charge is 2.50. The van der Waals surface area contributed by atoms with E-state index in [1.807, 2.05) is 6.92 Å². The summed E-state index contributed by atoms with van der Waals surface area (Å²) < 4.78 is 17.0. The van der Waals surface area contributed by atoms with Crippen molar-refractivity contribution in [2.45, 2.75) is 147 Å². The van der Waals surface area contributed by atoms with Crippen molar-refractivity contribution < 1.29 is 19.0 Å². The molecular weight excluding hydrogens is 560 g/mol. The molecule has 1 heterocycles. The first-order valence-corrected chi connectivity index (χ1v) is 16.0. The maximum Gasteiger partial charge on any atom is 0.305 e. The van der Waals surface area contributed by atoms with Crippen molar-refractivity contribution in [3.63, 3.8) is 0 Å². The minimum absolute atomic E-state index is 0.131. The summed E-state index contributed by atoms with van der Waals surface area (Å²) in [5.74, 6) is 0.134. The number of halogens is 2. The van der Waals surface area contributed by atoms with Crippen LogP contribution in [-0.4, -0.2) is 34.8 Å². The van der Waals surface area contributed by atoms with E-state index in [1.54, 1.807) is 0 Å². The minimum Gasteiger partial charge on any atom is -0.462 e. The fourth-order valence-corrected chi connectivity index (χ4v) is 5.51. The van der Waals surface area contributed by atoms with E-state index >= 15 is 0 Å². The van der Waals surface area contributed by atoms with Crippen LogP contribution in [0.25, 0.3) is 0 Å². The largest absolute Gasteiger partial charge is 0.462 e. The highest BCUT2D eigenvalue weighted by Crippen LogP contribution is 2.42. The maximum atomic E-state index is 12.2. The van der Waals surface area contributed by atoms with E-state index in [-0.39, 0.29) is 18.5 Å². The summed E-state index contributed by atoms with van der Waals surface area (Å²) >= 11 is 6.94. The average Bonchev–Trinajstić information content (AvgIpc) is 3.14. The predicted octanol–water partition coefficient (Wildman–Crippen LogP) is 9.46. The quantitative estimate of drug-likeness (QED) is 0.0694. The molecule has 0 spiro atoms.